The molecule has 2 aliphatic rings. The third-order valence-corrected chi connectivity index (χ3v) is 7.53. The molecule has 0 bridgehead atoms. The summed E-state index contributed by atoms with van der Waals surface area (Å²) in [5.41, 5.74) is -0.639. The monoisotopic (exact) mass is 546 g/mol. The molecule has 0 radical (unpaired) electrons. The van der Waals surface area contributed by atoms with Gasteiger partial charge in [0.15, 0.2) is 0 Å². The van der Waals surface area contributed by atoms with Crippen molar-refractivity contribution >= 4 is 29.4 Å². The van der Waals surface area contributed by atoms with Crippen LogP contribution in [0.3, 0.4) is 0 Å². The van der Waals surface area contributed by atoms with Gasteiger partial charge in [0.2, 0.25) is 5.91 Å². The maximum absolute atomic E-state index is 12.9. The first kappa shape index (κ1) is 27.1. The van der Waals surface area contributed by atoms with Crippen molar-refractivity contribution in [2.24, 2.45) is 0 Å². The lowest BCUT2D eigenvalue weighted by molar-refractivity contribution is -0.138. The van der Waals surface area contributed by atoms with Gasteiger partial charge in [-0.25, -0.2) is 4.79 Å². The number of urea groups is 1. The van der Waals surface area contributed by atoms with Crippen LogP contribution in [0.5, 0.6) is 0 Å². The first-order chi connectivity index (χ1) is 17.4. The van der Waals surface area contributed by atoms with Crippen LogP contribution in [0.15, 0.2) is 48.5 Å². The zero-order chi connectivity index (χ0) is 26.8. The van der Waals surface area contributed by atoms with Crippen molar-refractivity contribution in [3.63, 3.8) is 0 Å². The Morgan fingerprint density at radius 3 is 1.92 bits per heavy atom. The Labute approximate surface area is 213 Å². The molecule has 4 rings (SSSR count). The number of nitrogens with zero attached hydrogens (tertiary/aromatic N) is 3. The van der Waals surface area contributed by atoms with E-state index >= 15 is 0 Å². The summed E-state index contributed by atoms with van der Waals surface area (Å²) in [6.45, 7) is 2.82. The molecule has 0 aliphatic carbocycles. The Morgan fingerprint density at radius 1 is 0.838 bits per heavy atom. The summed E-state index contributed by atoms with van der Waals surface area (Å²) in [6, 6.07) is 8.66. The van der Waals surface area contributed by atoms with E-state index in [2.05, 4.69) is 10.2 Å². The number of carbonyl (C=O) groups excluding carboxylic acids is 2. The number of amides is 3. The normalized spacial score (nSPS) is 19.4. The van der Waals surface area contributed by atoms with Gasteiger partial charge in [-0.05, 0) is 42.0 Å². The Morgan fingerprint density at radius 2 is 1.38 bits per heavy atom. The molecule has 2 aromatic carbocycles. The Bertz CT molecular complexity index is 1100. The second kappa shape index (κ2) is 10.8. The van der Waals surface area contributed by atoms with Crippen molar-refractivity contribution in [2.75, 3.05) is 50.3 Å². The van der Waals surface area contributed by atoms with Crippen LogP contribution in [0.25, 0.3) is 0 Å². The van der Waals surface area contributed by atoms with E-state index in [1.807, 2.05) is 0 Å². The van der Waals surface area contributed by atoms with Gasteiger partial charge in [-0.15, -0.1) is 11.8 Å². The highest BCUT2D eigenvalue weighted by molar-refractivity contribution is 8.00. The summed E-state index contributed by atoms with van der Waals surface area (Å²) in [5, 5.41) is 2.24. The fraction of sp³-hybridized carbons (Fsp3) is 0.417. The van der Waals surface area contributed by atoms with E-state index in [1.54, 1.807) is 9.80 Å². The molecule has 2 fully saturated rings. The van der Waals surface area contributed by atoms with E-state index in [0.29, 0.717) is 44.8 Å². The zero-order valence-corrected chi connectivity index (χ0v) is 20.3. The number of carbonyl (C=O) groups is 2. The molecular weight excluding hydrogens is 522 g/mol. The van der Waals surface area contributed by atoms with Gasteiger partial charge in [0.1, 0.15) is 5.37 Å². The number of alkyl halides is 6. The van der Waals surface area contributed by atoms with Crippen LogP contribution in [0.4, 0.5) is 36.8 Å². The van der Waals surface area contributed by atoms with E-state index in [0.717, 1.165) is 24.3 Å². The maximum Gasteiger partial charge on any atom is 0.416 e. The van der Waals surface area contributed by atoms with Crippen molar-refractivity contribution in [2.45, 2.75) is 17.7 Å². The van der Waals surface area contributed by atoms with Gasteiger partial charge in [0.25, 0.3) is 0 Å². The topological polar surface area (TPSA) is 55.9 Å². The van der Waals surface area contributed by atoms with Gasteiger partial charge in [-0.3, -0.25) is 9.69 Å². The molecule has 0 saturated carbocycles. The van der Waals surface area contributed by atoms with Crippen molar-refractivity contribution in [1.29, 1.82) is 0 Å². The third-order valence-electron chi connectivity index (χ3n) is 6.27. The second-order valence-electron chi connectivity index (χ2n) is 8.70. The van der Waals surface area contributed by atoms with Gasteiger partial charge >= 0.3 is 18.4 Å². The Hall–Kier alpha value is -2.93. The van der Waals surface area contributed by atoms with Gasteiger partial charge in [0.05, 0.1) is 16.9 Å². The van der Waals surface area contributed by atoms with Gasteiger partial charge in [-0.2, -0.15) is 26.3 Å². The van der Waals surface area contributed by atoms with Crippen molar-refractivity contribution in [1.82, 2.24) is 14.7 Å². The highest BCUT2D eigenvalue weighted by Crippen LogP contribution is 2.39. The van der Waals surface area contributed by atoms with Crippen LogP contribution in [0.2, 0.25) is 0 Å². The number of rotatable bonds is 5. The van der Waals surface area contributed by atoms with E-state index in [9.17, 15) is 35.9 Å². The minimum Gasteiger partial charge on any atom is -0.325 e. The Kier molecular flexibility index (Phi) is 7.93. The third kappa shape index (κ3) is 6.69. The molecule has 3 amide bonds. The van der Waals surface area contributed by atoms with Gasteiger partial charge < -0.3 is 15.1 Å². The molecule has 1 N–H and O–H groups in total. The summed E-state index contributed by atoms with van der Waals surface area (Å²) in [4.78, 5) is 30.2. The summed E-state index contributed by atoms with van der Waals surface area (Å²) in [7, 11) is 0. The second-order valence-corrected chi connectivity index (χ2v) is 9.77. The van der Waals surface area contributed by atoms with Gasteiger partial charge in [0, 0.05) is 45.0 Å². The summed E-state index contributed by atoms with van der Waals surface area (Å²) in [5.74, 6) is 0.174. The van der Waals surface area contributed by atoms with Gasteiger partial charge in [-0.1, -0.05) is 12.1 Å². The van der Waals surface area contributed by atoms with Crippen LogP contribution in [0, 0.1) is 0 Å². The molecule has 37 heavy (non-hydrogen) atoms. The molecule has 2 heterocycles. The smallest absolute Gasteiger partial charge is 0.325 e. The molecule has 2 aromatic rings. The number of halogens is 6. The SMILES string of the molecule is O=C(Nc1ccc(C(F)(F)F)cc1)N1CCN(CCN2C(=O)CSC2c2ccc(C(F)(F)F)cc2)CC1. The van der Waals surface area contributed by atoms with Crippen LogP contribution in [-0.2, 0) is 17.1 Å². The van der Waals surface area contributed by atoms with E-state index < -0.39 is 29.5 Å². The largest absolute Gasteiger partial charge is 0.416 e. The molecule has 2 saturated heterocycles. The van der Waals surface area contributed by atoms with Crippen LogP contribution in [0.1, 0.15) is 22.1 Å². The number of piperazine rings is 1. The fourth-order valence-electron chi connectivity index (χ4n) is 4.18. The zero-order valence-electron chi connectivity index (χ0n) is 19.5. The van der Waals surface area contributed by atoms with Crippen molar-refractivity contribution in [3.8, 4) is 0 Å². The van der Waals surface area contributed by atoms with Crippen molar-refractivity contribution in [3.05, 3.63) is 65.2 Å². The molecule has 6 nitrogen and oxygen atoms in total. The molecule has 0 spiro atoms. The van der Waals surface area contributed by atoms with E-state index in [1.165, 1.54) is 36.0 Å². The lowest BCUT2D eigenvalue weighted by Crippen LogP contribution is -2.51. The summed E-state index contributed by atoms with van der Waals surface area (Å²) < 4.78 is 76.7. The van der Waals surface area contributed by atoms with E-state index in [-0.39, 0.29) is 22.7 Å². The molecule has 2 aliphatic heterocycles. The maximum atomic E-state index is 12.9. The highest BCUT2D eigenvalue weighted by Gasteiger charge is 2.35. The summed E-state index contributed by atoms with van der Waals surface area (Å²) >= 11 is 1.37. The molecular formula is C24H24F6N4O2S. The first-order valence-electron chi connectivity index (χ1n) is 11.5. The number of benzene rings is 2. The number of nitrogens with one attached hydrogen (secondary N) is 1. The number of thioether (sulfide) groups is 1. The van der Waals surface area contributed by atoms with E-state index in [4.69, 9.17) is 0 Å². The average Bonchev–Trinajstić information content (AvgIpc) is 3.22. The molecule has 13 heteroatoms. The lowest BCUT2D eigenvalue weighted by Gasteiger charge is -2.36. The predicted octanol–water partition coefficient (Wildman–Crippen LogP) is 5.15. The van der Waals surface area contributed by atoms with Crippen LogP contribution in [-0.4, -0.2) is 71.7 Å². The highest BCUT2D eigenvalue weighted by atomic mass is 32.2. The molecule has 1 unspecified atom stereocenters. The Balaban J connectivity index is 1.26. The standard InChI is InChI=1S/C24H24F6N4O2S/c25-23(26,27)17-3-1-16(2-4-17)21-34(20(35)15-37-21)14-11-32-9-12-33(13-10-32)22(36)31-19-7-5-18(6-8-19)24(28,29)30/h1-8,21H,9-15H2,(H,31,36). The first-order valence-corrected chi connectivity index (χ1v) is 12.5. The van der Waals surface area contributed by atoms with Crippen LogP contribution >= 0.6 is 11.8 Å². The predicted molar refractivity (Wildman–Crippen MR) is 127 cm³/mol. The van der Waals surface area contributed by atoms with Crippen LogP contribution < -0.4 is 5.32 Å². The number of hydrogen-bond donors (Lipinski definition) is 1. The quantitative estimate of drug-likeness (QED) is 0.528. The van der Waals surface area contributed by atoms with Crippen molar-refractivity contribution < 1.29 is 35.9 Å². The fourth-order valence-corrected chi connectivity index (χ4v) is 5.40. The molecule has 1 atom stereocenters. The average molecular weight is 547 g/mol. The molecule has 200 valence electrons. The number of anilines is 1. The minimum atomic E-state index is -4.45. The summed E-state index contributed by atoms with van der Waals surface area (Å²) in [6.07, 6.45) is -8.87. The number of hydrogen-bond acceptors (Lipinski definition) is 4. The lowest BCUT2D eigenvalue weighted by atomic mass is 10.1. The minimum absolute atomic E-state index is 0.0792. The molecule has 0 aromatic heterocycles.